The van der Waals surface area contributed by atoms with Crippen LogP contribution in [0.3, 0.4) is 0 Å². The van der Waals surface area contributed by atoms with E-state index in [2.05, 4.69) is 151 Å². The molecule has 0 fully saturated rings. The van der Waals surface area contributed by atoms with Crippen molar-refractivity contribution in [2.45, 2.75) is 116 Å². The van der Waals surface area contributed by atoms with E-state index < -0.39 is 16.6 Å². The molecule has 0 aliphatic heterocycles. The molecular formula is C50H72O6Si2. The third kappa shape index (κ3) is 13.9. The third-order valence-corrected chi connectivity index (χ3v) is 21.0. The predicted molar refractivity (Wildman–Crippen MR) is 246 cm³/mol. The van der Waals surface area contributed by atoms with E-state index in [4.69, 9.17) is 23.1 Å². The number of benzene rings is 4. The molecule has 58 heavy (non-hydrogen) atoms. The second kappa shape index (κ2) is 24.6. The van der Waals surface area contributed by atoms with Gasteiger partial charge in [-0.2, -0.15) is 0 Å². The molecule has 0 aliphatic carbocycles. The third-order valence-electron chi connectivity index (χ3n) is 11.1. The zero-order chi connectivity index (χ0) is 41.6. The Balaban J connectivity index is 0.986. The van der Waals surface area contributed by atoms with Gasteiger partial charge in [-0.15, -0.1) is 0 Å². The van der Waals surface area contributed by atoms with Gasteiger partial charge in [0, 0.05) is 13.0 Å². The Morgan fingerprint density at radius 1 is 0.397 bits per heavy atom. The molecule has 0 heterocycles. The van der Waals surface area contributed by atoms with Gasteiger partial charge in [0.2, 0.25) is 0 Å². The zero-order valence-electron chi connectivity index (χ0n) is 36.5. The second-order valence-corrected chi connectivity index (χ2v) is 25.9. The van der Waals surface area contributed by atoms with Gasteiger partial charge in [-0.25, -0.2) is 0 Å². The first-order valence-corrected chi connectivity index (χ1v) is 25.7. The van der Waals surface area contributed by atoms with Gasteiger partial charge in [0.05, 0.1) is 39.6 Å². The number of hydrogen-bond acceptors (Lipinski definition) is 6. The van der Waals surface area contributed by atoms with Crippen LogP contribution in [0.25, 0.3) is 0 Å². The van der Waals surface area contributed by atoms with E-state index in [1.54, 1.807) is 0 Å². The summed E-state index contributed by atoms with van der Waals surface area (Å²) in [4.78, 5) is 13.4. The molecule has 0 amide bonds. The van der Waals surface area contributed by atoms with Crippen LogP contribution in [-0.4, -0.2) is 68.9 Å². The Bertz CT molecular complexity index is 1590. The van der Waals surface area contributed by atoms with Gasteiger partial charge in [0.1, 0.15) is 0 Å². The predicted octanol–water partition coefficient (Wildman–Crippen LogP) is 9.62. The summed E-state index contributed by atoms with van der Waals surface area (Å²) in [7, 11) is -5.36. The molecule has 0 unspecified atom stereocenters. The van der Waals surface area contributed by atoms with Crippen LogP contribution in [0.5, 0.6) is 0 Å². The topological polar surface area (TPSA) is 63.2 Å². The van der Waals surface area contributed by atoms with E-state index in [0.29, 0.717) is 46.1 Å². The van der Waals surface area contributed by atoms with Crippen LogP contribution in [0.2, 0.25) is 10.1 Å². The van der Waals surface area contributed by atoms with E-state index in [1.807, 2.05) is 12.1 Å². The minimum absolute atomic E-state index is 0.0456. The summed E-state index contributed by atoms with van der Waals surface area (Å²) in [5.41, 5.74) is 0. The molecular weight excluding hydrogens is 753 g/mol. The Kier molecular flexibility index (Phi) is 20.1. The number of ether oxygens (including phenoxy) is 3. The van der Waals surface area contributed by atoms with Gasteiger partial charge >= 0.3 is 8.32 Å². The summed E-state index contributed by atoms with van der Waals surface area (Å²) in [5, 5.41) is 4.61. The molecule has 8 heteroatoms. The molecule has 0 spiro atoms. The molecule has 316 valence electrons. The van der Waals surface area contributed by atoms with Crippen molar-refractivity contribution in [1.29, 1.82) is 0 Å². The van der Waals surface area contributed by atoms with E-state index in [1.165, 1.54) is 42.5 Å². The van der Waals surface area contributed by atoms with Crippen LogP contribution >= 0.6 is 0 Å². The van der Waals surface area contributed by atoms with E-state index in [0.717, 1.165) is 42.7 Å². The minimum atomic E-state index is -2.83. The molecule has 4 rings (SSSR count). The van der Waals surface area contributed by atoms with E-state index >= 15 is 0 Å². The highest BCUT2D eigenvalue weighted by atomic mass is 28.4. The first-order valence-electron chi connectivity index (χ1n) is 21.8. The van der Waals surface area contributed by atoms with Crippen molar-refractivity contribution in [3.63, 3.8) is 0 Å². The molecule has 0 atom stereocenters. The fraction of sp³-hybridized carbons (Fsp3) is 0.500. The summed E-state index contributed by atoms with van der Waals surface area (Å²) >= 11 is 0. The van der Waals surface area contributed by atoms with Crippen molar-refractivity contribution >= 4 is 43.4 Å². The van der Waals surface area contributed by atoms with Gasteiger partial charge in [-0.1, -0.05) is 208 Å². The molecule has 4 aromatic carbocycles. The SMILES string of the molecule is CC(C)(C)[Si](OCCOCCOCCOCCCCCCCCCCCC(=O)O[Si](c1ccccc1)(c1ccccc1)C(C)(C)C)(c1ccccc1)c1ccccc1. The lowest BCUT2D eigenvalue weighted by Gasteiger charge is -2.43. The highest BCUT2D eigenvalue weighted by Crippen LogP contribution is 2.38. The van der Waals surface area contributed by atoms with Crippen molar-refractivity contribution in [2.24, 2.45) is 0 Å². The number of carbonyl (C=O) groups excluding carboxylic acids is 1. The lowest BCUT2D eigenvalue weighted by Crippen LogP contribution is -2.67. The largest absolute Gasteiger partial charge is 0.510 e. The van der Waals surface area contributed by atoms with Gasteiger partial charge in [0.15, 0.2) is 0 Å². The highest BCUT2D eigenvalue weighted by Gasteiger charge is 2.53. The average Bonchev–Trinajstić information content (AvgIpc) is 3.22. The van der Waals surface area contributed by atoms with E-state index in [-0.39, 0.29) is 16.0 Å². The maximum absolute atomic E-state index is 13.4. The van der Waals surface area contributed by atoms with Crippen molar-refractivity contribution < 1.29 is 27.9 Å². The smallest absolute Gasteiger partial charge is 0.323 e. The summed E-state index contributed by atoms with van der Waals surface area (Å²) in [5.74, 6) is -0.0682. The summed E-state index contributed by atoms with van der Waals surface area (Å²) in [6, 6.07) is 42.2. The molecule has 6 nitrogen and oxygen atoms in total. The molecule has 0 N–H and O–H groups in total. The molecule has 4 aromatic rings. The molecule has 0 radical (unpaired) electrons. The molecule has 0 aliphatic rings. The Hall–Kier alpha value is -3.38. The Labute approximate surface area is 353 Å². The number of rotatable bonds is 27. The van der Waals surface area contributed by atoms with Gasteiger partial charge in [0.25, 0.3) is 14.3 Å². The van der Waals surface area contributed by atoms with Crippen LogP contribution in [-0.2, 0) is 27.9 Å². The maximum atomic E-state index is 13.4. The van der Waals surface area contributed by atoms with Gasteiger partial charge in [-0.05, 0) is 43.7 Å². The number of hydrogen-bond donors (Lipinski definition) is 0. The minimum Gasteiger partial charge on any atom is -0.510 e. The summed E-state index contributed by atoms with van der Waals surface area (Å²) in [6.45, 7) is 17.7. The standard InChI is InChI=1S/C50H72O6Si2/c1-49(2,3)57(44-28-18-14-19-29-44,45-30-20-15-21-31-45)55-43-42-54-41-40-53-39-38-52-37-27-13-11-9-7-8-10-12-26-36-48(51)56-58(50(4,5)6,46-32-22-16-23-33-46)47-34-24-17-25-35-47/h14-25,28-35H,7-13,26-27,36-43H2,1-6H3. The Morgan fingerprint density at radius 2 is 0.707 bits per heavy atom. The monoisotopic (exact) mass is 824 g/mol. The van der Waals surface area contributed by atoms with Crippen molar-refractivity contribution in [1.82, 2.24) is 0 Å². The van der Waals surface area contributed by atoms with Crippen molar-refractivity contribution in [2.75, 3.05) is 46.2 Å². The lowest BCUT2D eigenvalue weighted by molar-refractivity contribution is -0.135. The van der Waals surface area contributed by atoms with Gasteiger partial charge < -0.3 is 23.1 Å². The fourth-order valence-corrected chi connectivity index (χ4v) is 17.1. The Morgan fingerprint density at radius 3 is 1.09 bits per heavy atom. The molecule has 0 saturated carbocycles. The quantitative estimate of drug-likeness (QED) is 0.0441. The fourth-order valence-electron chi connectivity index (χ4n) is 8.14. The van der Waals surface area contributed by atoms with Crippen LogP contribution in [0.1, 0.15) is 106 Å². The van der Waals surface area contributed by atoms with Crippen molar-refractivity contribution in [3.05, 3.63) is 121 Å². The number of unbranched alkanes of at least 4 members (excludes halogenated alkanes) is 8. The average molecular weight is 825 g/mol. The first-order chi connectivity index (χ1) is 28.0. The van der Waals surface area contributed by atoms with Crippen LogP contribution in [0.4, 0.5) is 0 Å². The highest BCUT2D eigenvalue weighted by molar-refractivity contribution is 7.00. The van der Waals surface area contributed by atoms with Crippen LogP contribution < -0.4 is 20.7 Å². The van der Waals surface area contributed by atoms with Crippen LogP contribution in [0.15, 0.2) is 121 Å². The molecule has 0 aromatic heterocycles. The zero-order valence-corrected chi connectivity index (χ0v) is 38.5. The maximum Gasteiger partial charge on any atom is 0.323 e. The molecule has 0 saturated heterocycles. The lowest BCUT2D eigenvalue weighted by atomic mass is 10.1. The second-order valence-electron chi connectivity index (χ2n) is 17.4. The van der Waals surface area contributed by atoms with E-state index in [9.17, 15) is 4.79 Å². The molecule has 0 bridgehead atoms. The first kappa shape index (κ1) is 47.3. The van der Waals surface area contributed by atoms with Crippen molar-refractivity contribution in [3.8, 4) is 0 Å². The van der Waals surface area contributed by atoms with Crippen LogP contribution in [0, 0.1) is 0 Å². The summed E-state index contributed by atoms with van der Waals surface area (Å²) in [6.07, 6.45) is 10.8. The number of carbonyl (C=O) groups is 1. The normalized spacial score (nSPS) is 12.4. The summed E-state index contributed by atoms with van der Waals surface area (Å²) < 4.78 is 31.0. The van der Waals surface area contributed by atoms with Gasteiger partial charge in [-0.3, -0.25) is 4.79 Å².